The lowest BCUT2D eigenvalue weighted by Gasteiger charge is -2.11. The summed E-state index contributed by atoms with van der Waals surface area (Å²) in [4.78, 5) is 24.2. The Labute approximate surface area is 159 Å². The highest BCUT2D eigenvalue weighted by Crippen LogP contribution is 2.15. The molecular formula is C19H23N3O4S. The van der Waals surface area contributed by atoms with Gasteiger partial charge in [-0.3, -0.25) is 4.79 Å². The molecule has 3 amide bonds. The number of hydrogen-bond acceptors (Lipinski definition) is 4. The van der Waals surface area contributed by atoms with Crippen molar-refractivity contribution < 1.29 is 18.0 Å². The van der Waals surface area contributed by atoms with E-state index in [2.05, 4.69) is 10.6 Å². The van der Waals surface area contributed by atoms with Crippen LogP contribution in [0.1, 0.15) is 35.7 Å². The molecule has 0 aliphatic rings. The molecule has 2 aromatic rings. The van der Waals surface area contributed by atoms with Gasteiger partial charge in [0, 0.05) is 17.8 Å². The minimum Gasteiger partial charge on any atom is -0.352 e. The molecular weight excluding hydrogens is 366 g/mol. The summed E-state index contributed by atoms with van der Waals surface area (Å²) in [6, 6.07) is 11.8. The van der Waals surface area contributed by atoms with E-state index in [1.54, 1.807) is 43.3 Å². The summed E-state index contributed by atoms with van der Waals surface area (Å²) in [7, 11) is -3.99. The smallest absolute Gasteiger partial charge is 0.333 e. The first-order valence-electron chi connectivity index (χ1n) is 8.61. The Morgan fingerprint density at radius 2 is 1.78 bits per heavy atom. The van der Waals surface area contributed by atoms with Crippen molar-refractivity contribution >= 4 is 27.6 Å². The predicted octanol–water partition coefficient (Wildman–Crippen LogP) is 3.04. The Balaban J connectivity index is 2.05. The summed E-state index contributed by atoms with van der Waals surface area (Å²) in [5.74, 6) is -0.250. The van der Waals surface area contributed by atoms with Gasteiger partial charge in [-0.15, -0.1) is 0 Å². The second kappa shape index (κ2) is 9.18. The topological polar surface area (TPSA) is 104 Å². The largest absolute Gasteiger partial charge is 0.352 e. The maximum Gasteiger partial charge on any atom is 0.333 e. The zero-order valence-electron chi connectivity index (χ0n) is 15.3. The number of hydrogen-bond donors (Lipinski definition) is 3. The molecule has 0 aromatic heterocycles. The SMILES string of the molecule is CCCCNC(=O)c1cccc(NC(=O)NS(=O)(=O)c2ccccc2C)c1. The first-order chi connectivity index (χ1) is 12.8. The summed E-state index contributed by atoms with van der Waals surface area (Å²) in [6.07, 6.45) is 1.85. The van der Waals surface area contributed by atoms with Crippen LogP contribution in [0.25, 0.3) is 0 Å². The van der Waals surface area contributed by atoms with E-state index >= 15 is 0 Å². The number of carbonyl (C=O) groups is 2. The fourth-order valence-electron chi connectivity index (χ4n) is 2.41. The Kier molecular flexibility index (Phi) is 6.95. The van der Waals surface area contributed by atoms with E-state index in [1.807, 2.05) is 11.6 Å². The molecule has 27 heavy (non-hydrogen) atoms. The van der Waals surface area contributed by atoms with Crippen LogP contribution in [0.3, 0.4) is 0 Å². The van der Waals surface area contributed by atoms with Gasteiger partial charge < -0.3 is 10.6 Å². The molecule has 3 N–H and O–H groups in total. The number of unbranched alkanes of at least 4 members (excludes halogenated alkanes) is 1. The van der Waals surface area contributed by atoms with Crippen molar-refractivity contribution in [3.8, 4) is 0 Å². The molecule has 0 aliphatic carbocycles. The molecule has 0 saturated carbocycles. The van der Waals surface area contributed by atoms with Crippen LogP contribution in [0.15, 0.2) is 53.4 Å². The minimum absolute atomic E-state index is 0.0317. The maximum atomic E-state index is 12.3. The second-order valence-electron chi connectivity index (χ2n) is 6.02. The minimum atomic E-state index is -3.99. The molecule has 2 rings (SSSR count). The van der Waals surface area contributed by atoms with Gasteiger partial charge in [0.25, 0.3) is 15.9 Å². The molecule has 0 unspecified atom stereocenters. The number of rotatable bonds is 7. The van der Waals surface area contributed by atoms with Crippen LogP contribution >= 0.6 is 0 Å². The fraction of sp³-hybridized carbons (Fsp3) is 0.263. The van der Waals surface area contributed by atoms with Crippen LogP contribution < -0.4 is 15.4 Å². The van der Waals surface area contributed by atoms with Gasteiger partial charge in [-0.2, -0.15) is 0 Å². The third-order valence-electron chi connectivity index (χ3n) is 3.81. The van der Waals surface area contributed by atoms with E-state index in [0.29, 0.717) is 23.4 Å². The van der Waals surface area contributed by atoms with Crippen molar-refractivity contribution in [1.29, 1.82) is 0 Å². The van der Waals surface area contributed by atoms with E-state index in [9.17, 15) is 18.0 Å². The van der Waals surface area contributed by atoms with Gasteiger partial charge in [-0.25, -0.2) is 17.9 Å². The van der Waals surface area contributed by atoms with Crippen LogP contribution in [-0.4, -0.2) is 26.9 Å². The van der Waals surface area contributed by atoms with Crippen molar-refractivity contribution in [1.82, 2.24) is 10.0 Å². The first kappa shape index (κ1) is 20.4. The van der Waals surface area contributed by atoms with Crippen LogP contribution in [0.5, 0.6) is 0 Å². The van der Waals surface area contributed by atoms with Crippen molar-refractivity contribution in [3.05, 3.63) is 59.7 Å². The fourth-order valence-corrected chi connectivity index (χ4v) is 3.57. The molecule has 0 radical (unpaired) electrons. The van der Waals surface area contributed by atoms with E-state index in [1.165, 1.54) is 12.1 Å². The number of benzene rings is 2. The third-order valence-corrected chi connectivity index (χ3v) is 5.30. The molecule has 0 bridgehead atoms. The lowest BCUT2D eigenvalue weighted by molar-refractivity contribution is 0.0953. The molecule has 8 heteroatoms. The summed E-state index contributed by atoms with van der Waals surface area (Å²) in [5, 5.41) is 5.22. The molecule has 0 fully saturated rings. The van der Waals surface area contributed by atoms with Gasteiger partial charge in [-0.1, -0.05) is 37.6 Å². The highest BCUT2D eigenvalue weighted by atomic mass is 32.2. The number of amides is 3. The summed E-state index contributed by atoms with van der Waals surface area (Å²) in [5.41, 5.74) is 1.23. The zero-order valence-corrected chi connectivity index (χ0v) is 16.1. The number of urea groups is 1. The third kappa shape index (κ3) is 5.82. The van der Waals surface area contributed by atoms with Crippen molar-refractivity contribution in [2.45, 2.75) is 31.6 Å². The van der Waals surface area contributed by atoms with Gasteiger partial charge in [0.1, 0.15) is 0 Å². The average Bonchev–Trinajstić information content (AvgIpc) is 2.61. The normalized spacial score (nSPS) is 10.9. The molecule has 0 atom stereocenters. The average molecular weight is 389 g/mol. The first-order valence-corrected chi connectivity index (χ1v) is 10.1. The molecule has 7 nitrogen and oxygen atoms in total. The van der Waals surface area contributed by atoms with Crippen LogP contribution in [-0.2, 0) is 10.0 Å². The van der Waals surface area contributed by atoms with Crippen molar-refractivity contribution in [2.75, 3.05) is 11.9 Å². The Morgan fingerprint density at radius 3 is 2.48 bits per heavy atom. The van der Waals surface area contributed by atoms with E-state index < -0.39 is 16.1 Å². The standard InChI is InChI=1S/C19H23N3O4S/c1-3-4-12-20-18(23)15-9-7-10-16(13-15)21-19(24)22-27(25,26)17-11-6-5-8-14(17)2/h5-11,13H,3-4,12H2,1-2H3,(H,20,23)(H2,21,22,24). The molecule has 0 spiro atoms. The van der Waals surface area contributed by atoms with Crippen LogP contribution in [0, 0.1) is 6.92 Å². The summed E-state index contributed by atoms with van der Waals surface area (Å²) < 4.78 is 26.7. The zero-order chi connectivity index (χ0) is 19.9. The molecule has 2 aromatic carbocycles. The lowest BCUT2D eigenvalue weighted by Crippen LogP contribution is -2.34. The van der Waals surface area contributed by atoms with E-state index in [4.69, 9.17) is 0 Å². The molecule has 0 saturated heterocycles. The maximum absolute atomic E-state index is 12.3. The van der Waals surface area contributed by atoms with Gasteiger partial charge in [0.2, 0.25) is 0 Å². The van der Waals surface area contributed by atoms with Gasteiger partial charge >= 0.3 is 6.03 Å². The van der Waals surface area contributed by atoms with Gasteiger partial charge in [-0.05, 0) is 43.2 Å². The van der Waals surface area contributed by atoms with Crippen LogP contribution in [0.4, 0.5) is 10.5 Å². The van der Waals surface area contributed by atoms with Crippen molar-refractivity contribution in [3.63, 3.8) is 0 Å². The highest BCUT2D eigenvalue weighted by molar-refractivity contribution is 7.90. The number of nitrogens with one attached hydrogen (secondary N) is 3. The highest BCUT2D eigenvalue weighted by Gasteiger charge is 2.19. The summed E-state index contributed by atoms with van der Waals surface area (Å²) >= 11 is 0. The summed E-state index contributed by atoms with van der Waals surface area (Å²) in [6.45, 7) is 4.25. The van der Waals surface area contributed by atoms with Gasteiger partial charge in [0.05, 0.1) is 4.90 Å². The van der Waals surface area contributed by atoms with E-state index in [0.717, 1.165) is 12.8 Å². The second-order valence-corrected chi connectivity index (χ2v) is 7.67. The van der Waals surface area contributed by atoms with E-state index in [-0.39, 0.29) is 10.8 Å². The predicted molar refractivity (Wildman–Crippen MR) is 104 cm³/mol. The Morgan fingerprint density at radius 1 is 1.04 bits per heavy atom. The number of carbonyl (C=O) groups excluding carboxylic acids is 2. The monoisotopic (exact) mass is 389 g/mol. The molecule has 144 valence electrons. The van der Waals surface area contributed by atoms with Crippen molar-refractivity contribution in [2.24, 2.45) is 0 Å². The van der Waals surface area contributed by atoms with Gasteiger partial charge in [0.15, 0.2) is 0 Å². The Bertz CT molecular complexity index is 926. The van der Waals surface area contributed by atoms with Crippen LogP contribution in [0.2, 0.25) is 0 Å². The molecule has 0 aliphatic heterocycles. The number of aryl methyl sites for hydroxylation is 1. The number of sulfonamides is 1. The lowest BCUT2D eigenvalue weighted by atomic mass is 10.2. The number of anilines is 1. The Hall–Kier alpha value is -2.87. The molecule has 0 heterocycles. The quantitative estimate of drug-likeness (QED) is 0.633.